The van der Waals surface area contributed by atoms with E-state index >= 15 is 0 Å². The first-order valence-corrected chi connectivity index (χ1v) is 5.56. The smallest absolute Gasteiger partial charge is 0.0757 e. The maximum atomic E-state index is 4.45. The van der Waals surface area contributed by atoms with Crippen LogP contribution in [0.3, 0.4) is 0 Å². The van der Waals surface area contributed by atoms with Gasteiger partial charge < -0.3 is 0 Å². The van der Waals surface area contributed by atoms with Gasteiger partial charge in [-0.05, 0) is 33.1 Å². The molecule has 0 N–H and O–H groups in total. The minimum Gasteiger partial charge on any atom is -0.190 e. The lowest BCUT2D eigenvalue weighted by molar-refractivity contribution is 0.395. The van der Waals surface area contributed by atoms with E-state index in [-0.39, 0.29) is 5.54 Å². The summed E-state index contributed by atoms with van der Waals surface area (Å²) in [6, 6.07) is 0.527. The van der Waals surface area contributed by atoms with Crippen molar-refractivity contribution < 1.29 is 0 Å². The van der Waals surface area contributed by atoms with Gasteiger partial charge in [-0.2, -0.15) is 10.2 Å². The van der Waals surface area contributed by atoms with E-state index in [9.17, 15) is 0 Å². The third-order valence-corrected chi connectivity index (χ3v) is 2.93. The molecule has 13 heavy (non-hydrogen) atoms. The molecule has 0 amide bonds. The summed E-state index contributed by atoms with van der Waals surface area (Å²) in [6.07, 6.45) is 7.66. The van der Waals surface area contributed by atoms with E-state index in [1.807, 2.05) is 0 Å². The molecule has 76 valence electrons. The molecule has 1 aliphatic rings. The van der Waals surface area contributed by atoms with Gasteiger partial charge in [-0.25, -0.2) is 0 Å². The Hall–Kier alpha value is -0.400. The molecule has 0 spiro atoms. The zero-order chi connectivity index (χ0) is 9.73. The fraction of sp³-hybridized carbons (Fsp3) is 1.00. The molecule has 1 aliphatic carbocycles. The largest absolute Gasteiger partial charge is 0.190 e. The fourth-order valence-corrected chi connectivity index (χ4v) is 1.51. The van der Waals surface area contributed by atoms with E-state index in [2.05, 4.69) is 31.0 Å². The normalized spacial score (nSPS) is 21.2. The van der Waals surface area contributed by atoms with Crippen molar-refractivity contribution in [2.24, 2.45) is 10.2 Å². The molecule has 0 saturated heterocycles. The lowest BCUT2D eigenvalue weighted by Crippen LogP contribution is -2.16. The Morgan fingerprint density at radius 2 is 1.77 bits per heavy atom. The van der Waals surface area contributed by atoms with Gasteiger partial charge in [-0.15, -0.1) is 0 Å². The van der Waals surface area contributed by atoms with Crippen LogP contribution in [0.5, 0.6) is 0 Å². The van der Waals surface area contributed by atoms with Crippen LogP contribution in [0.4, 0.5) is 0 Å². The molecule has 2 heteroatoms. The van der Waals surface area contributed by atoms with Gasteiger partial charge in [0.15, 0.2) is 0 Å². The molecule has 0 bridgehead atoms. The number of nitrogens with zero attached hydrogens (tertiary/aromatic N) is 2. The van der Waals surface area contributed by atoms with Gasteiger partial charge in [-0.3, -0.25) is 0 Å². The Kier molecular flexibility index (Phi) is 3.89. The fourth-order valence-electron chi connectivity index (χ4n) is 1.51. The molecule has 0 radical (unpaired) electrons. The second kappa shape index (κ2) is 4.73. The predicted octanol–water partition coefficient (Wildman–Crippen LogP) is 3.96. The third kappa shape index (κ3) is 3.88. The molecule has 0 aromatic carbocycles. The van der Waals surface area contributed by atoms with Gasteiger partial charge in [-0.1, -0.05) is 26.2 Å². The molecule has 2 nitrogen and oxygen atoms in total. The number of azo groups is 1. The number of hydrogen-bond acceptors (Lipinski definition) is 2. The summed E-state index contributed by atoms with van der Waals surface area (Å²) in [5, 5.41) is 8.87. The average molecular weight is 182 g/mol. The molecule has 1 rings (SSSR count). The van der Waals surface area contributed by atoms with Crippen LogP contribution in [0.1, 0.15) is 59.3 Å². The van der Waals surface area contributed by atoms with Crippen molar-refractivity contribution in [3.8, 4) is 0 Å². The molecule has 0 aromatic rings. The highest BCUT2D eigenvalue weighted by Gasteiger charge is 2.16. The number of rotatable bonds is 3. The maximum Gasteiger partial charge on any atom is 0.0757 e. The summed E-state index contributed by atoms with van der Waals surface area (Å²) in [6.45, 7) is 6.47. The summed E-state index contributed by atoms with van der Waals surface area (Å²) >= 11 is 0. The molecule has 1 fully saturated rings. The summed E-state index contributed by atoms with van der Waals surface area (Å²) in [5.41, 5.74) is 0.0530. The molecular weight excluding hydrogens is 160 g/mol. The average Bonchev–Trinajstić information content (AvgIpc) is 2.17. The zero-order valence-electron chi connectivity index (χ0n) is 9.21. The lowest BCUT2D eigenvalue weighted by atomic mass is 9.96. The molecule has 0 unspecified atom stereocenters. The standard InChI is InChI=1S/C11H22N2/c1-4-11(2,3)13-12-10-8-6-5-7-9-10/h10H,4-9H2,1-3H3. The van der Waals surface area contributed by atoms with Gasteiger partial charge >= 0.3 is 0 Å². The molecule has 1 saturated carbocycles. The van der Waals surface area contributed by atoms with E-state index in [1.165, 1.54) is 32.1 Å². The Bertz CT molecular complexity index is 167. The maximum absolute atomic E-state index is 4.45. The van der Waals surface area contributed by atoms with Gasteiger partial charge in [0.25, 0.3) is 0 Å². The van der Waals surface area contributed by atoms with Gasteiger partial charge in [0.2, 0.25) is 0 Å². The SMILES string of the molecule is CCC(C)(C)N=NC1CCCCC1. The second-order valence-corrected chi connectivity index (χ2v) is 4.67. The van der Waals surface area contributed by atoms with E-state index in [1.54, 1.807) is 0 Å². The van der Waals surface area contributed by atoms with E-state index in [0.29, 0.717) is 6.04 Å². The van der Waals surface area contributed by atoms with Crippen molar-refractivity contribution in [2.45, 2.75) is 70.9 Å². The molecule has 0 heterocycles. The Balaban J connectivity index is 2.37. The molecule has 0 atom stereocenters. The zero-order valence-corrected chi connectivity index (χ0v) is 9.21. The lowest BCUT2D eigenvalue weighted by Gasteiger charge is -2.20. The Morgan fingerprint density at radius 1 is 1.15 bits per heavy atom. The highest BCUT2D eigenvalue weighted by atomic mass is 15.2. The summed E-state index contributed by atoms with van der Waals surface area (Å²) in [5.74, 6) is 0. The van der Waals surface area contributed by atoms with Gasteiger partial charge in [0.05, 0.1) is 11.6 Å². The van der Waals surface area contributed by atoms with Gasteiger partial charge in [0, 0.05) is 0 Å². The first-order valence-electron chi connectivity index (χ1n) is 5.56. The van der Waals surface area contributed by atoms with Crippen molar-refractivity contribution in [3.05, 3.63) is 0 Å². The topological polar surface area (TPSA) is 24.7 Å². The van der Waals surface area contributed by atoms with Crippen LogP contribution < -0.4 is 0 Å². The minimum absolute atomic E-state index is 0.0530. The van der Waals surface area contributed by atoms with Crippen LogP contribution in [0.15, 0.2) is 10.2 Å². The van der Waals surface area contributed by atoms with E-state index in [4.69, 9.17) is 0 Å². The Labute approximate surface area is 81.8 Å². The van der Waals surface area contributed by atoms with Gasteiger partial charge in [0.1, 0.15) is 0 Å². The molecule has 0 aromatic heterocycles. The molecule has 0 aliphatic heterocycles. The van der Waals surface area contributed by atoms with Crippen molar-refractivity contribution in [2.75, 3.05) is 0 Å². The second-order valence-electron chi connectivity index (χ2n) is 4.67. The third-order valence-electron chi connectivity index (χ3n) is 2.93. The Morgan fingerprint density at radius 3 is 2.31 bits per heavy atom. The quantitative estimate of drug-likeness (QED) is 0.590. The number of hydrogen-bond donors (Lipinski definition) is 0. The molecular formula is C11H22N2. The van der Waals surface area contributed by atoms with E-state index < -0.39 is 0 Å². The highest BCUT2D eigenvalue weighted by Crippen LogP contribution is 2.22. The first-order chi connectivity index (χ1) is 6.14. The van der Waals surface area contributed by atoms with Crippen LogP contribution in [0, 0.1) is 0 Å². The summed E-state index contributed by atoms with van der Waals surface area (Å²) < 4.78 is 0. The van der Waals surface area contributed by atoms with Crippen LogP contribution in [-0.2, 0) is 0 Å². The highest BCUT2D eigenvalue weighted by molar-refractivity contribution is 4.76. The van der Waals surface area contributed by atoms with Crippen LogP contribution in [-0.4, -0.2) is 11.6 Å². The van der Waals surface area contributed by atoms with Crippen molar-refractivity contribution in [1.82, 2.24) is 0 Å². The van der Waals surface area contributed by atoms with Crippen molar-refractivity contribution in [1.29, 1.82) is 0 Å². The van der Waals surface area contributed by atoms with Crippen molar-refractivity contribution >= 4 is 0 Å². The van der Waals surface area contributed by atoms with E-state index in [0.717, 1.165) is 6.42 Å². The van der Waals surface area contributed by atoms with Crippen LogP contribution in [0.25, 0.3) is 0 Å². The monoisotopic (exact) mass is 182 g/mol. The minimum atomic E-state index is 0.0530. The predicted molar refractivity (Wildman–Crippen MR) is 56.1 cm³/mol. The summed E-state index contributed by atoms with van der Waals surface area (Å²) in [4.78, 5) is 0. The first kappa shape index (κ1) is 10.7. The van der Waals surface area contributed by atoms with Crippen LogP contribution in [0.2, 0.25) is 0 Å². The van der Waals surface area contributed by atoms with Crippen molar-refractivity contribution in [3.63, 3.8) is 0 Å². The summed E-state index contributed by atoms with van der Waals surface area (Å²) in [7, 11) is 0. The van der Waals surface area contributed by atoms with Crippen LogP contribution >= 0.6 is 0 Å².